The molecule has 1 aromatic heterocycles. The molecule has 3 fully saturated rings. The van der Waals surface area contributed by atoms with Crippen LogP contribution in [-0.2, 0) is 0 Å². The van der Waals surface area contributed by atoms with Gasteiger partial charge in [0.25, 0.3) is 0 Å². The number of pyridine rings is 1. The third-order valence-electron chi connectivity index (χ3n) is 5.91. The van der Waals surface area contributed by atoms with Crippen molar-refractivity contribution in [1.82, 2.24) is 15.2 Å². The van der Waals surface area contributed by atoms with E-state index in [-0.39, 0.29) is 0 Å². The fourth-order valence-corrected chi connectivity index (χ4v) is 4.40. The molecule has 2 saturated heterocycles. The van der Waals surface area contributed by atoms with Crippen LogP contribution in [0.25, 0.3) is 0 Å². The van der Waals surface area contributed by atoms with Crippen LogP contribution in [0.3, 0.4) is 0 Å². The minimum atomic E-state index is 0.512. The highest BCUT2D eigenvalue weighted by Gasteiger charge is 2.54. The maximum absolute atomic E-state index is 4.66. The quantitative estimate of drug-likeness (QED) is 0.923. The maximum Gasteiger partial charge on any atom is 0.128 e. The van der Waals surface area contributed by atoms with Gasteiger partial charge in [-0.15, -0.1) is 0 Å². The molecule has 24 heavy (non-hydrogen) atoms. The number of hydrogen-bond donors (Lipinski definition) is 1. The normalized spacial score (nSPS) is 23.3. The Morgan fingerprint density at radius 1 is 1.25 bits per heavy atom. The van der Waals surface area contributed by atoms with Crippen LogP contribution in [0.5, 0.6) is 0 Å². The van der Waals surface area contributed by atoms with Gasteiger partial charge < -0.3 is 15.1 Å². The van der Waals surface area contributed by atoms with E-state index in [9.17, 15) is 0 Å². The summed E-state index contributed by atoms with van der Waals surface area (Å²) in [5.74, 6) is 2.71. The number of rotatable bonds is 3. The van der Waals surface area contributed by atoms with E-state index in [2.05, 4.69) is 59.2 Å². The Labute approximate surface area is 145 Å². The van der Waals surface area contributed by atoms with Gasteiger partial charge in [0.15, 0.2) is 0 Å². The molecule has 1 saturated carbocycles. The number of anilines is 1. The second-order valence-corrected chi connectivity index (χ2v) is 8.14. The van der Waals surface area contributed by atoms with E-state index in [4.69, 9.17) is 0 Å². The summed E-state index contributed by atoms with van der Waals surface area (Å²) in [6, 6.07) is 5.05. The van der Waals surface area contributed by atoms with Gasteiger partial charge in [0, 0.05) is 49.4 Å². The second kappa shape index (κ2) is 5.54. The highest BCUT2D eigenvalue weighted by molar-refractivity contribution is 5.45. The van der Waals surface area contributed by atoms with Gasteiger partial charge in [0.05, 0.1) is 5.82 Å². The largest absolute Gasteiger partial charge is 0.355 e. The third kappa shape index (κ3) is 2.58. The van der Waals surface area contributed by atoms with E-state index in [0.717, 1.165) is 43.4 Å². The molecule has 1 aliphatic carbocycles. The van der Waals surface area contributed by atoms with Crippen LogP contribution in [0.15, 0.2) is 43.0 Å². The van der Waals surface area contributed by atoms with Gasteiger partial charge >= 0.3 is 0 Å². The molecular formula is C20H28N4. The van der Waals surface area contributed by atoms with Gasteiger partial charge in [-0.1, -0.05) is 33.1 Å². The van der Waals surface area contributed by atoms with Gasteiger partial charge in [0.1, 0.15) is 5.82 Å². The van der Waals surface area contributed by atoms with Crippen LogP contribution >= 0.6 is 0 Å². The lowest BCUT2D eigenvalue weighted by Crippen LogP contribution is -2.67. The summed E-state index contributed by atoms with van der Waals surface area (Å²) in [5.41, 5.74) is 2.92. The minimum Gasteiger partial charge on any atom is -0.355 e. The zero-order chi connectivity index (χ0) is 16.9. The summed E-state index contributed by atoms with van der Waals surface area (Å²) in [5, 5.41) is 3.31. The van der Waals surface area contributed by atoms with E-state index in [1.54, 1.807) is 0 Å². The van der Waals surface area contributed by atoms with E-state index in [1.807, 2.05) is 6.20 Å². The standard InChI is InChI=1S/C20H28N4/c1-14(2)17-5-6-19(21-11-17)23-12-20(13-23)9-18(10-20)24-8-7-15(3)22-16(24)4/h5-6,11,14,18,22H,3-4,7-10,12-13H2,1-2H3. The zero-order valence-electron chi connectivity index (χ0n) is 14.9. The molecule has 3 aliphatic rings. The fraction of sp³-hybridized carbons (Fsp3) is 0.550. The Balaban J connectivity index is 1.31. The summed E-state index contributed by atoms with van der Waals surface area (Å²) in [4.78, 5) is 9.52. The molecule has 128 valence electrons. The number of nitrogens with zero attached hydrogens (tertiary/aromatic N) is 3. The molecule has 1 aromatic rings. The lowest BCUT2D eigenvalue weighted by Gasteiger charge is -2.62. The Bertz CT molecular complexity index is 647. The van der Waals surface area contributed by atoms with Crippen molar-refractivity contribution in [3.05, 3.63) is 48.6 Å². The molecule has 4 rings (SSSR count). The third-order valence-corrected chi connectivity index (χ3v) is 5.91. The average Bonchev–Trinajstić information content (AvgIpc) is 2.46. The van der Waals surface area contributed by atoms with Gasteiger partial charge in [-0.3, -0.25) is 0 Å². The zero-order valence-corrected chi connectivity index (χ0v) is 14.9. The van der Waals surface area contributed by atoms with Crippen molar-refractivity contribution in [3.63, 3.8) is 0 Å². The van der Waals surface area contributed by atoms with Crippen molar-refractivity contribution < 1.29 is 0 Å². The summed E-state index contributed by atoms with van der Waals surface area (Å²) in [6.45, 7) is 16.0. The highest BCUT2D eigenvalue weighted by Crippen LogP contribution is 2.51. The maximum atomic E-state index is 4.66. The first-order valence-corrected chi connectivity index (χ1v) is 9.07. The van der Waals surface area contributed by atoms with Crippen LogP contribution < -0.4 is 10.2 Å². The molecule has 0 aromatic carbocycles. The average molecular weight is 324 g/mol. The van der Waals surface area contributed by atoms with Gasteiger partial charge in [-0.2, -0.15) is 0 Å². The first kappa shape index (κ1) is 15.6. The van der Waals surface area contributed by atoms with Crippen molar-refractivity contribution in [3.8, 4) is 0 Å². The lowest BCUT2D eigenvalue weighted by molar-refractivity contribution is -0.0103. The summed E-state index contributed by atoms with van der Waals surface area (Å²) >= 11 is 0. The van der Waals surface area contributed by atoms with Crippen LogP contribution in [0, 0.1) is 5.41 Å². The topological polar surface area (TPSA) is 31.4 Å². The molecule has 1 N–H and O–H groups in total. The summed E-state index contributed by atoms with van der Waals surface area (Å²) in [6.07, 6.45) is 5.62. The Hall–Kier alpha value is -1.97. The van der Waals surface area contributed by atoms with E-state index in [0.29, 0.717) is 17.4 Å². The van der Waals surface area contributed by atoms with E-state index >= 15 is 0 Å². The second-order valence-electron chi connectivity index (χ2n) is 8.14. The molecule has 3 heterocycles. The molecule has 0 unspecified atom stereocenters. The van der Waals surface area contributed by atoms with Gasteiger partial charge in [-0.25, -0.2) is 4.98 Å². The molecule has 4 nitrogen and oxygen atoms in total. The van der Waals surface area contributed by atoms with Crippen LogP contribution in [0.4, 0.5) is 5.82 Å². The fourth-order valence-electron chi connectivity index (χ4n) is 4.40. The molecule has 0 amide bonds. The van der Waals surface area contributed by atoms with Crippen LogP contribution in [0.1, 0.15) is 44.6 Å². The van der Waals surface area contributed by atoms with E-state index < -0.39 is 0 Å². The SMILES string of the molecule is C=C1CCN(C2CC3(C2)CN(c2ccc(C(C)C)cn2)C3)C(=C)N1. The summed E-state index contributed by atoms with van der Waals surface area (Å²) < 4.78 is 0. The molecular weight excluding hydrogens is 296 g/mol. The van der Waals surface area contributed by atoms with Crippen molar-refractivity contribution in [2.24, 2.45) is 5.41 Å². The smallest absolute Gasteiger partial charge is 0.128 e. The molecule has 1 spiro atoms. The van der Waals surface area contributed by atoms with E-state index in [1.165, 1.54) is 18.4 Å². The summed E-state index contributed by atoms with van der Waals surface area (Å²) in [7, 11) is 0. The number of hydrogen-bond acceptors (Lipinski definition) is 4. The Morgan fingerprint density at radius 2 is 2.00 bits per heavy atom. The lowest BCUT2D eigenvalue weighted by atomic mass is 9.60. The van der Waals surface area contributed by atoms with Gasteiger partial charge in [-0.05, 0) is 30.4 Å². The first-order chi connectivity index (χ1) is 11.5. The van der Waals surface area contributed by atoms with Crippen molar-refractivity contribution in [2.45, 2.75) is 45.1 Å². The first-order valence-electron chi connectivity index (χ1n) is 9.07. The number of nitrogens with one attached hydrogen (secondary N) is 1. The highest BCUT2D eigenvalue weighted by atomic mass is 15.3. The Morgan fingerprint density at radius 3 is 2.58 bits per heavy atom. The van der Waals surface area contributed by atoms with Crippen LogP contribution in [-0.4, -0.2) is 35.6 Å². The monoisotopic (exact) mass is 324 g/mol. The Kier molecular flexibility index (Phi) is 3.59. The van der Waals surface area contributed by atoms with Gasteiger partial charge in [0.2, 0.25) is 0 Å². The molecule has 0 atom stereocenters. The molecule has 2 aliphatic heterocycles. The molecule has 4 heteroatoms. The minimum absolute atomic E-state index is 0.512. The molecule has 0 bridgehead atoms. The number of aromatic nitrogens is 1. The van der Waals surface area contributed by atoms with Crippen molar-refractivity contribution in [2.75, 3.05) is 24.5 Å². The predicted molar refractivity (Wildman–Crippen MR) is 98.7 cm³/mol. The van der Waals surface area contributed by atoms with Crippen molar-refractivity contribution >= 4 is 5.82 Å². The van der Waals surface area contributed by atoms with Crippen LogP contribution in [0.2, 0.25) is 0 Å². The molecule has 0 radical (unpaired) electrons. The van der Waals surface area contributed by atoms with Crippen molar-refractivity contribution in [1.29, 1.82) is 0 Å². The predicted octanol–water partition coefficient (Wildman–Crippen LogP) is 3.45.